The van der Waals surface area contributed by atoms with E-state index in [9.17, 15) is 27.9 Å². The van der Waals surface area contributed by atoms with Crippen molar-refractivity contribution >= 4 is 18.1 Å². The molecule has 2 fully saturated rings. The largest absolute Gasteiger partial charge is 0.495 e. The van der Waals surface area contributed by atoms with E-state index in [0.29, 0.717) is 29.7 Å². The number of aromatic nitrogens is 2. The summed E-state index contributed by atoms with van der Waals surface area (Å²) >= 11 is 0. The van der Waals surface area contributed by atoms with E-state index < -0.39 is 35.6 Å². The minimum atomic E-state index is -1.62. The lowest BCUT2D eigenvalue weighted by molar-refractivity contribution is -0.138. The number of benzene rings is 2. The molecule has 1 aromatic heterocycles. The van der Waals surface area contributed by atoms with Crippen molar-refractivity contribution < 1.29 is 32.6 Å². The quantitative estimate of drug-likeness (QED) is 0.393. The van der Waals surface area contributed by atoms with Crippen molar-refractivity contribution in [2.75, 3.05) is 20.2 Å². The zero-order chi connectivity index (χ0) is 27.1. The molecule has 0 unspecified atom stereocenters. The van der Waals surface area contributed by atoms with E-state index >= 15 is 0 Å². The van der Waals surface area contributed by atoms with Gasteiger partial charge in [-0.1, -0.05) is 6.07 Å². The van der Waals surface area contributed by atoms with Crippen LogP contribution < -0.4 is 4.74 Å². The Bertz CT molecular complexity index is 1430. The lowest BCUT2D eigenvalue weighted by atomic mass is 9.89. The van der Waals surface area contributed by atoms with Crippen LogP contribution >= 0.6 is 0 Å². The Morgan fingerprint density at radius 1 is 1.16 bits per heavy atom. The molecule has 0 aliphatic carbocycles. The number of aryl methyl sites for hydroxylation is 1. The second-order valence-corrected chi connectivity index (χ2v) is 9.43. The van der Waals surface area contributed by atoms with E-state index in [1.807, 2.05) is 29.8 Å². The van der Waals surface area contributed by atoms with Crippen LogP contribution in [0.5, 0.6) is 5.75 Å². The highest BCUT2D eigenvalue weighted by atomic mass is 19.2. The maximum atomic E-state index is 14.1. The number of nitrogens with zero attached hydrogens (tertiary/aromatic N) is 4. The Hall–Kier alpha value is -4.28. The molecule has 198 valence electrons. The van der Waals surface area contributed by atoms with E-state index in [1.165, 1.54) is 4.90 Å². The third-order valence-electron chi connectivity index (χ3n) is 7.01. The molecule has 0 saturated carbocycles. The molecule has 11 heteroatoms. The van der Waals surface area contributed by atoms with Gasteiger partial charge in [-0.25, -0.2) is 22.9 Å². The first-order chi connectivity index (χ1) is 18.2. The van der Waals surface area contributed by atoms with Crippen molar-refractivity contribution in [2.45, 2.75) is 31.8 Å². The molecule has 0 spiro atoms. The van der Waals surface area contributed by atoms with E-state index in [2.05, 4.69) is 4.98 Å². The van der Waals surface area contributed by atoms with Gasteiger partial charge in [-0.15, -0.1) is 0 Å². The molecule has 3 heterocycles. The van der Waals surface area contributed by atoms with Crippen LogP contribution in [0.25, 0.3) is 11.8 Å². The number of piperidine rings is 1. The van der Waals surface area contributed by atoms with Crippen molar-refractivity contribution in [3.8, 4) is 11.4 Å². The number of fused-ring (bicyclic) bond motifs is 1. The normalized spacial score (nSPS) is 20.6. The molecule has 0 radical (unpaired) electrons. The second kappa shape index (κ2) is 9.88. The number of carboxylic acid groups (broad SMARTS) is 1. The molecule has 2 aromatic carbocycles. The number of methoxy groups -OCH3 is 1. The van der Waals surface area contributed by atoms with E-state index in [-0.39, 0.29) is 24.6 Å². The number of imidazole rings is 1. The van der Waals surface area contributed by atoms with Crippen molar-refractivity contribution in [2.24, 2.45) is 0 Å². The Labute approximate surface area is 216 Å². The highest BCUT2D eigenvalue weighted by Gasteiger charge is 2.43. The summed E-state index contributed by atoms with van der Waals surface area (Å²) in [6, 6.07) is 5.64. The predicted molar refractivity (Wildman–Crippen MR) is 131 cm³/mol. The van der Waals surface area contributed by atoms with Gasteiger partial charge in [0.05, 0.1) is 36.9 Å². The van der Waals surface area contributed by atoms with Crippen LogP contribution in [-0.4, -0.2) is 62.7 Å². The van der Waals surface area contributed by atoms with Crippen LogP contribution in [0.3, 0.4) is 0 Å². The summed E-state index contributed by atoms with van der Waals surface area (Å²) in [4.78, 5) is 32.3. The van der Waals surface area contributed by atoms with Gasteiger partial charge in [0.2, 0.25) is 0 Å². The monoisotopic (exact) mass is 526 g/mol. The molecule has 2 aliphatic rings. The standard InChI is InChI=1S/C27H25F3N4O4/c1-15-11-33(14-31-15)22-6-3-16(8-24(22)38-2)7-17-4-5-19-12-32(27(36)37)13-23(34(19)26(17)35)18-9-20(28)25(30)21(29)10-18/h3,6-11,14,19,23H,4-5,12-13H2,1-2H3,(H,36,37)/t19-,23+/m0/s1. The van der Waals surface area contributed by atoms with Crippen molar-refractivity contribution in [3.05, 3.63) is 82.7 Å². The molecule has 3 aromatic rings. The number of hydrogen-bond donors (Lipinski definition) is 1. The molecule has 38 heavy (non-hydrogen) atoms. The maximum absolute atomic E-state index is 14.1. The topological polar surface area (TPSA) is 87.9 Å². The van der Waals surface area contributed by atoms with Gasteiger partial charge in [0.15, 0.2) is 17.5 Å². The van der Waals surface area contributed by atoms with E-state index in [1.54, 1.807) is 25.6 Å². The smallest absolute Gasteiger partial charge is 0.407 e. The lowest BCUT2D eigenvalue weighted by Gasteiger charge is -2.48. The first kappa shape index (κ1) is 25.4. The molecular formula is C27H25F3N4O4. The van der Waals surface area contributed by atoms with E-state index in [0.717, 1.165) is 28.4 Å². The van der Waals surface area contributed by atoms with Crippen molar-refractivity contribution in [3.63, 3.8) is 0 Å². The summed E-state index contributed by atoms with van der Waals surface area (Å²) in [7, 11) is 1.55. The third-order valence-corrected chi connectivity index (χ3v) is 7.01. The molecule has 2 saturated heterocycles. The molecule has 2 aliphatic heterocycles. The van der Waals surface area contributed by atoms with Gasteiger partial charge in [-0.05, 0) is 61.2 Å². The number of amides is 2. The van der Waals surface area contributed by atoms with Gasteiger partial charge in [0, 0.05) is 24.9 Å². The fourth-order valence-corrected chi connectivity index (χ4v) is 5.18. The van der Waals surface area contributed by atoms with Crippen LogP contribution in [0.15, 0.2) is 48.4 Å². The van der Waals surface area contributed by atoms with E-state index in [4.69, 9.17) is 4.74 Å². The molecule has 1 N–H and O–H groups in total. The Morgan fingerprint density at radius 3 is 2.53 bits per heavy atom. The number of carbonyl (C=O) groups is 2. The van der Waals surface area contributed by atoms with Crippen LogP contribution in [0.4, 0.5) is 18.0 Å². The fraction of sp³-hybridized carbons (Fsp3) is 0.296. The van der Waals surface area contributed by atoms with Gasteiger partial charge in [-0.3, -0.25) is 4.79 Å². The van der Waals surface area contributed by atoms with Crippen LogP contribution in [0.1, 0.15) is 35.7 Å². The Morgan fingerprint density at radius 2 is 1.89 bits per heavy atom. The number of halogens is 3. The summed E-state index contributed by atoms with van der Waals surface area (Å²) in [5.41, 5.74) is 2.79. The number of ether oxygens (including phenoxy) is 1. The van der Waals surface area contributed by atoms with Crippen LogP contribution in [0.2, 0.25) is 0 Å². The van der Waals surface area contributed by atoms with Gasteiger partial charge in [0.25, 0.3) is 5.91 Å². The van der Waals surface area contributed by atoms with Gasteiger partial charge < -0.3 is 24.2 Å². The summed E-state index contributed by atoms with van der Waals surface area (Å²) in [5.74, 6) is -4.21. The minimum Gasteiger partial charge on any atom is -0.495 e. The molecule has 8 nitrogen and oxygen atoms in total. The second-order valence-electron chi connectivity index (χ2n) is 9.43. The van der Waals surface area contributed by atoms with Crippen LogP contribution in [-0.2, 0) is 4.79 Å². The maximum Gasteiger partial charge on any atom is 0.407 e. The highest BCUT2D eigenvalue weighted by molar-refractivity contribution is 5.99. The minimum absolute atomic E-state index is 0.00593. The highest BCUT2D eigenvalue weighted by Crippen LogP contribution is 2.38. The lowest BCUT2D eigenvalue weighted by Crippen LogP contribution is -2.59. The number of rotatable bonds is 4. The summed E-state index contributed by atoms with van der Waals surface area (Å²) in [6.45, 7) is 1.76. The number of hydrogen-bond acceptors (Lipinski definition) is 4. The summed E-state index contributed by atoms with van der Waals surface area (Å²) in [5, 5.41) is 9.60. The molecule has 5 rings (SSSR count). The number of carbonyl (C=O) groups excluding carboxylic acids is 1. The fourth-order valence-electron chi connectivity index (χ4n) is 5.18. The zero-order valence-electron chi connectivity index (χ0n) is 20.7. The van der Waals surface area contributed by atoms with Crippen LogP contribution in [0, 0.1) is 24.4 Å². The summed E-state index contributed by atoms with van der Waals surface area (Å²) < 4.78 is 49.2. The Balaban J connectivity index is 1.49. The van der Waals surface area contributed by atoms with Crippen molar-refractivity contribution in [1.82, 2.24) is 19.4 Å². The molecule has 2 amide bonds. The first-order valence-electron chi connectivity index (χ1n) is 12.0. The van der Waals surface area contributed by atoms with Gasteiger partial charge in [0.1, 0.15) is 5.75 Å². The first-order valence-corrected chi connectivity index (χ1v) is 12.0. The van der Waals surface area contributed by atoms with Crippen molar-refractivity contribution in [1.29, 1.82) is 0 Å². The average Bonchev–Trinajstić information content (AvgIpc) is 3.33. The Kier molecular flexibility index (Phi) is 6.60. The zero-order valence-corrected chi connectivity index (χ0v) is 20.7. The summed E-state index contributed by atoms with van der Waals surface area (Å²) in [6.07, 6.45) is 4.90. The number of piperazine rings is 1. The van der Waals surface area contributed by atoms with Gasteiger partial charge in [-0.2, -0.15) is 0 Å². The molecular weight excluding hydrogens is 501 g/mol. The predicted octanol–water partition coefficient (Wildman–Crippen LogP) is 4.72. The molecule has 2 atom stereocenters. The molecule has 0 bridgehead atoms. The SMILES string of the molecule is COc1cc(C=C2CC[C@H]3CN(C(=O)O)C[C@H](c4cc(F)c(F)c(F)c4)N3C2=O)ccc1-n1cnc(C)c1. The average molecular weight is 527 g/mol. The van der Waals surface area contributed by atoms with Gasteiger partial charge >= 0.3 is 6.09 Å². The third kappa shape index (κ3) is 4.59.